The molecule has 4 rings (SSSR count). The van der Waals surface area contributed by atoms with Gasteiger partial charge in [0.05, 0.1) is 17.7 Å². The smallest absolute Gasteiger partial charge is 0.412 e. The molecule has 1 saturated heterocycles. The van der Waals surface area contributed by atoms with E-state index in [2.05, 4.69) is 27.2 Å². The van der Waals surface area contributed by atoms with Gasteiger partial charge in [-0.2, -0.15) is 0 Å². The fraction of sp³-hybridized carbons (Fsp3) is 0.471. The summed E-state index contributed by atoms with van der Waals surface area (Å²) in [5.74, 6) is -1.74. The highest BCUT2D eigenvalue weighted by atomic mass is 32.1. The summed E-state index contributed by atoms with van der Waals surface area (Å²) in [7, 11) is 0. The Bertz CT molecular complexity index is 1580. The Morgan fingerprint density at radius 1 is 1.27 bits per heavy atom. The van der Waals surface area contributed by atoms with Gasteiger partial charge in [-0.05, 0) is 39.2 Å². The minimum absolute atomic E-state index is 0.0549. The first-order chi connectivity index (χ1) is 22.9. The lowest BCUT2D eigenvalue weighted by molar-refractivity contribution is -0.159. The summed E-state index contributed by atoms with van der Waals surface area (Å²) in [4.78, 5) is 62.2. The predicted molar refractivity (Wildman–Crippen MR) is 179 cm³/mol. The van der Waals surface area contributed by atoms with E-state index in [-0.39, 0.29) is 43.5 Å². The molecule has 4 heterocycles. The van der Waals surface area contributed by atoms with Crippen molar-refractivity contribution in [1.82, 2.24) is 20.2 Å². The van der Waals surface area contributed by atoms with Crippen LogP contribution in [0.4, 0.5) is 10.6 Å². The molecule has 2 bridgehead atoms. The lowest BCUT2D eigenvalue weighted by atomic mass is 9.93. The van der Waals surface area contributed by atoms with Crippen LogP contribution in [0, 0.1) is 18.8 Å². The first-order valence-corrected chi connectivity index (χ1v) is 16.7. The van der Waals surface area contributed by atoms with E-state index in [0.29, 0.717) is 30.8 Å². The number of ether oxygens (including phenoxy) is 2. The number of allylic oxidation sites excluding steroid dienone is 2. The molecular weight excluding hydrogens is 638 g/mol. The highest BCUT2D eigenvalue weighted by Crippen LogP contribution is 2.26. The second kappa shape index (κ2) is 17.0. The van der Waals surface area contributed by atoms with Crippen LogP contribution in [-0.4, -0.2) is 81.8 Å². The number of thiazole rings is 1. The molecule has 2 aromatic heterocycles. The van der Waals surface area contributed by atoms with Crippen molar-refractivity contribution in [2.45, 2.75) is 71.6 Å². The highest BCUT2D eigenvalue weighted by molar-refractivity contribution is 7.09. The van der Waals surface area contributed by atoms with Crippen molar-refractivity contribution in [3.05, 3.63) is 76.3 Å². The zero-order chi connectivity index (χ0) is 34.8. The highest BCUT2D eigenvalue weighted by Gasteiger charge is 2.39. The van der Waals surface area contributed by atoms with E-state index >= 15 is 0 Å². The number of nitrogens with one attached hydrogen (secondary N) is 2. The van der Waals surface area contributed by atoms with E-state index in [4.69, 9.17) is 13.9 Å². The van der Waals surface area contributed by atoms with E-state index in [1.165, 1.54) is 28.6 Å². The van der Waals surface area contributed by atoms with Crippen molar-refractivity contribution in [2.75, 3.05) is 25.0 Å². The molecule has 0 radical (unpaired) electrons. The van der Waals surface area contributed by atoms with Crippen LogP contribution in [0.25, 0.3) is 0 Å². The number of nitrogens with zero attached hydrogens (tertiary/aromatic N) is 3. The second-order valence-electron chi connectivity index (χ2n) is 12.1. The molecule has 0 spiro atoms. The van der Waals surface area contributed by atoms with Gasteiger partial charge in [0.1, 0.15) is 24.2 Å². The Kier molecular flexibility index (Phi) is 12.9. The number of fused-ring (bicyclic) bond motifs is 3. The van der Waals surface area contributed by atoms with Gasteiger partial charge in [-0.3, -0.25) is 14.9 Å². The van der Waals surface area contributed by atoms with Gasteiger partial charge in [-0.1, -0.05) is 55.9 Å². The van der Waals surface area contributed by atoms with E-state index < -0.39 is 48.1 Å². The fourth-order valence-electron chi connectivity index (χ4n) is 5.52. The van der Waals surface area contributed by atoms with Crippen molar-refractivity contribution in [2.24, 2.45) is 11.8 Å². The Balaban J connectivity index is 1.54. The number of anilines is 1. The third kappa shape index (κ3) is 10.5. The molecule has 2 aromatic rings. The van der Waals surface area contributed by atoms with Crippen LogP contribution in [0.15, 0.2) is 64.2 Å². The molecule has 2 aliphatic rings. The molecule has 0 aromatic carbocycles. The largest absolute Gasteiger partial charge is 0.460 e. The summed E-state index contributed by atoms with van der Waals surface area (Å²) in [6.45, 7) is 11.7. The zero-order valence-corrected chi connectivity index (χ0v) is 28.5. The zero-order valence-electron chi connectivity index (χ0n) is 27.6. The number of aliphatic hydroxyl groups excluding tert-OH is 1. The second-order valence-corrected chi connectivity index (χ2v) is 13.2. The summed E-state index contributed by atoms with van der Waals surface area (Å²) in [6.07, 6.45) is 8.64. The molecule has 3 amide bonds. The van der Waals surface area contributed by atoms with Crippen LogP contribution >= 0.6 is 11.3 Å². The van der Waals surface area contributed by atoms with E-state index in [1.54, 1.807) is 43.5 Å². The molecule has 1 fully saturated rings. The van der Waals surface area contributed by atoms with Gasteiger partial charge in [0, 0.05) is 36.7 Å². The summed E-state index contributed by atoms with van der Waals surface area (Å²) in [5.41, 5.74) is 1.51. The van der Waals surface area contributed by atoms with E-state index in [1.807, 2.05) is 13.8 Å². The average Bonchev–Trinajstić information content (AvgIpc) is 3.80. The summed E-state index contributed by atoms with van der Waals surface area (Å²) in [5, 5.41) is 18.3. The minimum atomic E-state index is -0.863. The van der Waals surface area contributed by atoms with Gasteiger partial charge in [-0.15, -0.1) is 11.3 Å². The normalized spacial score (nSPS) is 26.4. The van der Waals surface area contributed by atoms with Crippen LogP contribution in [0.1, 0.15) is 61.4 Å². The molecule has 13 nitrogen and oxygen atoms in total. The maximum atomic E-state index is 13.7. The minimum Gasteiger partial charge on any atom is -0.460 e. The number of amides is 3. The topological polar surface area (TPSA) is 173 Å². The molecule has 0 unspecified atom stereocenters. The number of hydrogen-bond acceptors (Lipinski definition) is 11. The third-order valence-corrected chi connectivity index (χ3v) is 8.67. The number of aromatic nitrogens is 2. The number of carbonyl (C=O) groups excluding carboxylic acids is 4. The van der Waals surface area contributed by atoms with E-state index in [9.17, 15) is 24.3 Å². The maximum Gasteiger partial charge on any atom is 0.412 e. The Hall–Kier alpha value is -4.56. The third-order valence-electron chi connectivity index (χ3n) is 7.89. The molecule has 3 N–H and O–H groups in total. The van der Waals surface area contributed by atoms with E-state index in [0.717, 1.165) is 10.6 Å². The van der Waals surface area contributed by atoms with Crippen molar-refractivity contribution in [1.29, 1.82) is 0 Å². The average molecular weight is 682 g/mol. The van der Waals surface area contributed by atoms with Crippen LogP contribution in [0.3, 0.4) is 0 Å². The number of carbonyl (C=O) groups is 4. The number of cyclic esters (lactones) is 1. The number of aryl methyl sites for hydroxylation is 1. The molecule has 2 aliphatic heterocycles. The van der Waals surface area contributed by atoms with Crippen molar-refractivity contribution < 1.29 is 38.2 Å². The predicted octanol–water partition coefficient (Wildman–Crippen LogP) is 4.52. The first kappa shape index (κ1) is 36.3. The molecule has 14 heteroatoms. The van der Waals surface area contributed by atoms with Crippen molar-refractivity contribution in [3.63, 3.8) is 0 Å². The Morgan fingerprint density at radius 3 is 2.81 bits per heavy atom. The monoisotopic (exact) mass is 681 g/mol. The SMILES string of the molecule is C=C1Cc2nc(co2)C(=O)N2CCC[C@@H]2C(=O)O[C@H]([C@@H](C)COC(=O)Nc2csc(C)n2)[C@H](C)/C=C/C(=O)NC/C=C/C(C)=C/[C@@H](O)C1. The molecule has 48 heavy (non-hydrogen) atoms. The van der Waals surface area contributed by atoms with Crippen LogP contribution in [0.2, 0.25) is 0 Å². The summed E-state index contributed by atoms with van der Waals surface area (Å²) >= 11 is 1.39. The van der Waals surface area contributed by atoms with Gasteiger partial charge in [-0.25, -0.2) is 19.6 Å². The quantitative estimate of drug-likeness (QED) is 0.308. The van der Waals surface area contributed by atoms with Gasteiger partial charge in [0.15, 0.2) is 11.6 Å². The van der Waals surface area contributed by atoms with Crippen LogP contribution < -0.4 is 10.6 Å². The molecule has 0 saturated carbocycles. The number of rotatable bonds is 4. The first-order valence-electron chi connectivity index (χ1n) is 15.9. The fourth-order valence-corrected chi connectivity index (χ4v) is 6.07. The molecule has 0 aliphatic carbocycles. The number of oxazole rings is 1. The van der Waals surface area contributed by atoms with Gasteiger partial charge in [0.25, 0.3) is 5.91 Å². The van der Waals surface area contributed by atoms with Gasteiger partial charge >= 0.3 is 12.1 Å². The maximum absolute atomic E-state index is 13.7. The molecular formula is C34H43N5O8S. The molecule has 5 atom stereocenters. The van der Waals surface area contributed by atoms with Crippen molar-refractivity contribution in [3.8, 4) is 0 Å². The lowest BCUT2D eigenvalue weighted by Gasteiger charge is -2.30. The van der Waals surface area contributed by atoms with Crippen molar-refractivity contribution >= 4 is 41.0 Å². The standard InChI is InChI=1S/C34H43N5O8S/c1-20-8-6-12-35-29(41)11-10-22(3)31(23(4)17-46-34(44)38-28-19-48-24(5)36-28)47-33(43)27-9-7-13-39(27)32(42)26-18-45-30(37-26)16-21(2)15-25(40)14-20/h6,8,10-11,14,18-19,22-23,25,27,31,40H,2,7,9,12-13,15-17H2,1,3-5H3,(H,35,41)(H,38,44)/b8-6+,11-10+,20-14+/t22-,23+,25-,27-,31+/m1/s1. The van der Waals surface area contributed by atoms with Crippen LogP contribution in [-0.2, 0) is 25.5 Å². The lowest BCUT2D eigenvalue weighted by Crippen LogP contribution is -2.44. The Labute approximate surface area is 283 Å². The molecule has 258 valence electrons. The summed E-state index contributed by atoms with van der Waals surface area (Å²) < 4.78 is 17.0. The van der Waals surface area contributed by atoms with Gasteiger partial charge in [0.2, 0.25) is 5.91 Å². The number of aliphatic hydroxyl groups is 1. The summed E-state index contributed by atoms with van der Waals surface area (Å²) in [6, 6.07) is -0.863. The van der Waals surface area contributed by atoms with Crippen LogP contribution in [0.5, 0.6) is 0 Å². The van der Waals surface area contributed by atoms with Gasteiger partial charge < -0.3 is 29.2 Å². The Morgan fingerprint density at radius 2 is 2.06 bits per heavy atom. The number of esters is 1. The number of hydrogen-bond donors (Lipinski definition) is 3.